The molecule has 0 saturated carbocycles. The van der Waals surface area contributed by atoms with Crippen molar-refractivity contribution >= 4 is 0 Å². The Morgan fingerprint density at radius 3 is 2.75 bits per heavy atom. The third-order valence-electron chi connectivity index (χ3n) is 1.91. The molecule has 0 radical (unpaired) electrons. The second-order valence-electron chi connectivity index (χ2n) is 2.81. The monoisotopic (exact) mass is 168 g/mol. The van der Waals surface area contributed by atoms with E-state index in [-0.39, 0.29) is 0 Å². The van der Waals surface area contributed by atoms with Crippen LogP contribution in [0, 0.1) is 6.92 Å². The van der Waals surface area contributed by atoms with E-state index >= 15 is 0 Å². The summed E-state index contributed by atoms with van der Waals surface area (Å²) >= 11 is 0. The van der Waals surface area contributed by atoms with Crippen LogP contribution in [0.15, 0.2) is 0 Å². The fourth-order valence-electron chi connectivity index (χ4n) is 1.23. The SMILES string of the molecule is CCc1nnc(C)n1CCCN. The van der Waals surface area contributed by atoms with Crippen LogP contribution in [0.5, 0.6) is 0 Å². The maximum Gasteiger partial charge on any atom is 0.132 e. The lowest BCUT2D eigenvalue weighted by Gasteiger charge is -2.05. The molecule has 0 aliphatic heterocycles. The van der Waals surface area contributed by atoms with Crippen LogP contribution in [0.25, 0.3) is 0 Å². The first kappa shape index (κ1) is 9.19. The molecule has 1 rings (SSSR count). The van der Waals surface area contributed by atoms with E-state index in [4.69, 9.17) is 5.73 Å². The summed E-state index contributed by atoms with van der Waals surface area (Å²) in [5.74, 6) is 2.04. The molecule has 0 aromatic carbocycles. The maximum atomic E-state index is 5.43. The number of hydrogen-bond acceptors (Lipinski definition) is 3. The highest BCUT2D eigenvalue weighted by atomic mass is 15.3. The zero-order valence-corrected chi connectivity index (χ0v) is 7.75. The zero-order valence-electron chi connectivity index (χ0n) is 7.75. The molecule has 0 atom stereocenters. The molecule has 0 aliphatic rings. The van der Waals surface area contributed by atoms with Gasteiger partial charge in [0.2, 0.25) is 0 Å². The summed E-state index contributed by atoms with van der Waals surface area (Å²) in [6.07, 6.45) is 1.93. The molecule has 0 bridgehead atoms. The standard InChI is InChI=1S/C8H16N4/c1-3-8-11-10-7(2)12(8)6-4-5-9/h3-6,9H2,1-2H3. The van der Waals surface area contributed by atoms with Gasteiger partial charge in [0.25, 0.3) is 0 Å². The van der Waals surface area contributed by atoms with Crippen molar-refractivity contribution in [1.82, 2.24) is 14.8 Å². The Labute approximate surface area is 72.8 Å². The number of aromatic nitrogens is 3. The Morgan fingerprint density at radius 2 is 2.17 bits per heavy atom. The van der Waals surface area contributed by atoms with Crippen LogP contribution in [-0.4, -0.2) is 21.3 Å². The van der Waals surface area contributed by atoms with Crippen molar-refractivity contribution in [2.45, 2.75) is 33.2 Å². The van der Waals surface area contributed by atoms with Crippen molar-refractivity contribution in [2.75, 3.05) is 6.54 Å². The van der Waals surface area contributed by atoms with E-state index in [1.165, 1.54) is 0 Å². The highest BCUT2D eigenvalue weighted by molar-refractivity contribution is 4.93. The molecule has 0 spiro atoms. The normalized spacial score (nSPS) is 10.6. The second kappa shape index (κ2) is 4.21. The largest absolute Gasteiger partial charge is 0.330 e. The molecule has 1 aromatic heterocycles. The molecule has 1 aromatic rings. The van der Waals surface area contributed by atoms with Crippen LogP contribution in [0.3, 0.4) is 0 Å². The first-order valence-electron chi connectivity index (χ1n) is 4.38. The van der Waals surface area contributed by atoms with Crippen LogP contribution < -0.4 is 5.73 Å². The Hall–Kier alpha value is -0.900. The summed E-state index contributed by atoms with van der Waals surface area (Å²) in [6.45, 7) is 5.73. The molecule has 2 N–H and O–H groups in total. The maximum absolute atomic E-state index is 5.43. The van der Waals surface area contributed by atoms with Crippen molar-refractivity contribution in [1.29, 1.82) is 0 Å². The predicted octanol–water partition coefficient (Wildman–Crippen LogP) is 0.498. The van der Waals surface area contributed by atoms with Gasteiger partial charge in [-0.1, -0.05) is 6.92 Å². The van der Waals surface area contributed by atoms with Crippen LogP contribution in [0.1, 0.15) is 25.0 Å². The smallest absolute Gasteiger partial charge is 0.132 e. The highest BCUT2D eigenvalue weighted by Crippen LogP contribution is 2.02. The molecule has 68 valence electrons. The van der Waals surface area contributed by atoms with Crippen LogP contribution in [0.2, 0.25) is 0 Å². The van der Waals surface area contributed by atoms with Gasteiger partial charge in [-0.2, -0.15) is 0 Å². The van der Waals surface area contributed by atoms with E-state index in [2.05, 4.69) is 21.7 Å². The zero-order chi connectivity index (χ0) is 8.97. The molecule has 4 heteroatoms. The van der Waals surface area contributed by atoms with Crippen molar-refractivity contribution in [3.63, 3.8) is 0 Å². The quantitative estimate of drug-likeness (QED) is 0.712. The lowest BCUT2D eigenvalue weighted by molar-refractivity contribution is 0.607. The Kier molecular flexibility index (Phi) is 3.22. The van der Waals surface area contributed by atoms with E-state index in [0.29, 0.717) is 0 Å². The molecule has 12 heavy (non-hydrogen) atoms. The average Bonchev–Trinajstić information content (AvgIpc) is 2.43. The summed E-state index contributed by atoms with van der Waals surface area (Å²) in [6, 6.07) is 0. The first-order valence-corrected chi connectivity index (χ1v) is 4.38. The van der Waals surface area contributed by atoms with Crippen molar-refractivity contribution in [3.8, 4) is 0 Å². The highest BCUT2D eigenvalue weighted by Gasteiger charge is 2.04. The Morgan fingerprint density at radius 1 is 1.42 bits per heavy atom. The van der Waals surface area contributed by atoms with E-state index in [1.807, 2.05) is 6.92 Å². The summed E-state index contributed by atoms with van der Waals surface area (Å²) < 4.78 is 2.13. The van der Waals surface area contributed by atoms with Gasteiger partial charge in [0.1, 0.15) is 11.6 Å². The molecule has 0 unspecified atom stereocenters. The minimum absolute atomic E-state index is 0.723. The van der Waals surface area contributed by atoms with E-state index in [9.17, 15) is 0 Å². The topological polar surface area (TPSA) is 56.7 Å². The molecule has 0 amide bonds. The molecular formula is C8H16N4. The summed E-state index contributed by atoms with van der Waals surface area (Å²) in [7, 11) is 0. The fraction of sp³-hybridized carbons (Fsp3) is 0.750. The van der Waals surface area contributed by atoms with Crippen LogP contribution >= 0.6 is 0 Å². The van der Waals surface area contributed by atoms with Crippen LogP contribution in [0.4, 0.5) is 0 Å². The minimum atomic E-state index is 0.723. The molecule has 1 heterocycles. The van der Waals surface area contributed by atoms with E-state index in [0.717, 1.165) is 37.6 Å². The number of nitrogens with two attached hydrogens (primary N) is 1. The number of aryl methyl sites for hydroxylation is 2. The third kappa shape index (κ3) is 1.82. The van der Waals surface area contributed by atoms with Gasteiger partial charge in [0.05, 0.1) is 0 Å². The second-order valence-corrected chi connectivity index (χ2v) is 2.81. The fourth-order valence-corrected chi connectivity index (χ4v) is 1.23. The van der Waals surface area contributed by atoms with Gasteiger partial charge in [-0.05, 0) is 19.9 Å². The predicted molar refractivity (Wildman–Crippen MR) is 47.8 cm³/mol. The number of rotatable bonds is 4. The van der Waals surface area contributed by atoms with E-state index < -0.39 is 0 Å². The van der Waals surface area contributed by atoms with Crippen molar-refractivity contribution < 1.29 is 0 Å². The van der Waals surface area contributed by atoms with Gasteiger partial charge in [-0.25, -0.2) is 0 Å². The van der Waals surface area contributed by atoms with Gasteiger partial charge in [0.15, 0.2) is 0 Å². The molecular weight excluding hydrogens is 152 g/mol. The first-order chi connectivity index (χ1) is 5.79. The Balaban J connectivity index is 2.72. The summed E-state index contributed by atoms with van der Waals surface area (Å²) in [5.41, 5.74) is 5.43. The van der Waals surface area contributed by atoms with E-state index in [1.54, 1.807) is 0 Å². The lowest BCUT2D eigenvalue weighted by Crippen LogP contribution is -2.09. The molecule has 0 aliphatic carbocycles. The van der Waals surface area contributed by atoms with Gasteiger partial charge in [0, 0.05) is 13.0 Å². The number of hydrogen-bond donors (Lipinski definition) is 1. The molecule has 0 saturated heterocycles. The van der Waals surface area contributed by atoms with Crippen LogP contribution in [-0.2, 0) is 13.0 Å². The molecule has 4 nitrogen and oxygen atoms in total. The minimum Gasteiger partial charge on any atom is -0.330 e. The lowest BCUT2D eigenvalue weighted by atomic mass is 10.4. The summed E-state index contributed by atoms with van der Waals surface area (Å²) in [5, 5.41) is 8.07. The van der Waals surface area contributed by atoms with Gasteiger partial charge >= 0.3 is 0 Å². The van der Waals surface area contributed by atoms with Gasteiger partial charge in [-0.15, -0.1) is 10.2 Å². The van der Waals surface area contributed by atoms with Crippen molar-refractivity contribution in [3.05, 3.63) is 11.6 Å². The summed E-state index contributed by atoms with van der Waals surface area (Å²) in [4.78, 5) is 0. The Bertz CT molecular complexity index is 241. The average molecular weight is 168 g/mol. The third-order valence-corrected chi connectivity index (χ3v) is 1.91. The molecule has 0 fully saturated rings. The van der Waals surface area contributed by atoms with Gasteiger partial charge < -0.3 is 10.3 Å². The number of nitrogens with zero attached hydrogens (tertiary/aromatic N) is 3. The van der Waals surface area contributed by atoms with Gasteiger partial charge in [-0.3, -0.25) is 0 Å². The van der Waals surface area contributed by atoms with Crippen molar-refractivity contribution in [2.24, 2.45) is 5.73 Å².